The molecule has 0 fully saturated rings. The summed E-state index contributed by atoms with van der Waals surface area (Å²) in [7, 11) is 4.11. The van der Waals surface area contributed by atoms with E-state index < -0.39 is 0 Å². The molecule has 0 radical (unpaired) electrons. The summed E-state index contributed by atoms with van der Waals surface area (Å²) in [5, 5.41) is 0. The summed E-state index contributed by atoms with van der Waals surface area (Å²) >= 11 is 0. The average Bonchev–Trinajstić information content (AvgIpc) is 2.89. The maximum atomic E-state index is 14.1. The molecule has 4 heteroatoms. The van der Waals surface area contributed by atoms with Crippen LogP contribution in [0.25, 0.3) is 0 Å². The van der Waals surface area contributed by atoms with Crippen molar-refractivity contribution in [3.63, 3.8) is 0 Å². The summed E-state index contributed by atoms with van der Waals surface area (Å²) in [6.07, 6.45) is 0. The number of benzene rings is 3. The fourth-order valence-electron chi connectivity index (χ4n) is 4.49. The zero-order chi connectivity index (χ0) is 24.3. The van der Waals surface area contributed by atoms with Crippen LogP contribution < -0.4 is 0 Å². The predicted molar refractivity (Wildman–Crippen MR) is 142 cm³/mol. The molecule has 0 aliphatic heterocycles. The van der Waals surface area contributed by atoms with Crippen LogP contribution in [-0.2, 0) is 4.79 Å². The Hall–Kier alpha value is -2.95. The van der Waals surface area contributed by atoms with Gasteiger partial charge < -0.3 is 14.7 Å². The molecule has 4 nitrogen and oxygen atoms in total. The van der Waals surface area contributed by atoms with Crippen LogP contribution in [0.5, 0.6) is 0 Å². The third kappa shape index (κ3) is 6.78. The molecule has 0 spiro atoms. The van der Waals surface area contributed by atoms with Crippen molar-refractivity contribution in [2.45, 2.75) is 25.8 Å². The van der Waals surface area contributed by atoms with Crippen molar-refractivity contribution in [2.24, 2.45) is 0 Å². The van der Waals surface area contributed by atoms with E-state index in [4.69, 9.17) is 0 Å². The van der Waals surface area contributed by atoms with Gasteiger partial charge in [-0.1, -0.05) is 105 Å². The van der Waals surface area contributed by atoms with E-state index in [0.717, 1.165) is 49.4 Å². The van der Waals surface area contributed by atoms with E-state index in [2.05, 4.69) is 79.2 Å². The lowest BCUT2D eigenvalue weighted by atomic mass is 9.89. The third-order valence-electron chi connectivity index (χ3n) is 6.69. The summed E-state index contributed by atoms with van der Waals surface area (Å²) in [6.45, 7) is 9.30. The maximum Gasteiger partial charge on any atom is 0.234 e. The Morgan fingerprint density at radius 3 is 1.56 bits per heavy atom. The van der Waals surface area contributed by atoms with E-state index in [1.165, 1.54) is 0 Å². The highest BCUT2D eigenvalue weighted by Gasteiger charge is 2.30. The second-order valence-electron chi connectivity index (χ2n) is 8.92. The Balaban J connectivity index is 1.88. The third-order valence-corrected chi connectivity index (χ3v) is 6.69. The molecule has 0 aliphatic rings. The normalized spacial score (nSPS) is 12.3. The van der Waals surface area contributed by atoms with E-state index in [0.29, 0.717) is 0 Å². The van der Waals surface area contributed by atoms with Crippen LogP contribution >= 0.6 is 0 Å². The molecule has 1 atom stereocenters. The van der Waals surface area contributed by atoms with E-state index in [1.807, 2.05) is 54.4 Å². The molecule has 0 heterocycles. The van der Waals surface area contributed by atoms with Crippen LogP contribution in [0.2, 0.25) is 0 Å². The van der Waals surface area contributed by atoms with Gasteiger partial charge in [0.05, 0.1) is 12.0 Å². The van der Waals surface area contributed by atoms with Gasteiger partial charge in [0.15, 0.2) is 0 Å². The van der Waals surface area contributed by atoms with Gasteiger partial charge >= 0.3 is 0 Å². The van der Waals surface area contributed by atoms with E-state index in [-0.39, 0.29) is 17.9 Å². The number of carbonyl (C=O) groups is 1. The Bertz CT molecular complexity index is 934. The lowest BCUT2D eigenvalue weighted by molar-refractivity contribution is -0.133. The standard InChI is InChI=1S/C30H39N3O/c1-5-33(6-2)23-22-31(3)24-28(25-16-10-7-11-17-25)32(4)30(34)29(26-18-12-8-13-19-26)27-20-14-9-15-21-27/h7-21,28-29H,5-6,22-24H2,1-4H3. The number of likely N-dealkylation sites (N-methyl/N-ethyl adjacent to an activating group) is 3. The molecule has 3 aromatic rings. The highest BCUT2D eigenvalue weighted by molar-refractivity contribution is 5.87. The quantitative estimate of drug-likeness (QED) is 0.370. The molecule has 0 aromatic heterocycles. The van der Waals surface area contributed by atoms with Gasteiger partial charge in [-0.05, 0) is 36.8 Å². The Kier molecular flexibility index (Phi) is 9.87. The Morgan fingerprint density at radius 1 is 0.676 bits per heavy atom. The molecule has 0 saturated carbocycles. The van der Waals surface area contributed by atoms with Crippen molar-refractivity contribution in [3.8, 4) is 0 Å². The van der Waals surface area contributed by atoms with Crippen molar-refractivity contribution in [3.05, 3.63) is 108 Å². The summed E-state index contributed by atoms with van der Waals surface area (Å²) in [5.41, 5.74) is 3.20. The molecule has 0 saturated heterocycles. The lowest BCUT2D eigenvalue weighted by Crippen LogP contribution is -2.42. The SMILES string of the molecule is CCN(CC)CCN(C)CC(c1ccccc1)N(C)C(=O)C(c1ccccc1)c1ccccc1. The van der Waals surface area contributed by atoms with Gasteiger partial charge in [0.1, 0.15) is 0 Å². The molecule has 180 valence electrons. The van der Waals surface area contributed by atoms with Crippen LogP contribution in [-0.4, -0.2) is 67.4 Å². The molecular formula is C30H39N3O. The zero-order valence-electron chi connectivity index (χ0n) is 21.1. The van der Waals surface area contributed by atoms with Gasteiger partial charge in [-0.3, -0.25) is 4.79 Å². The number of hydrogen-bond acceptors (Lipinski definition) is 3. The summed E-state index contributed by atoms with van der Waals surface area (Å²) < 4.78 is 0. The molecule has 0 bridgehead atoms. The van der Waals surface area contributed by atoms with E-state index in [1.54, 1.807) is 0 Å². The van der Waals surface area contributed by atoms with Crippen LogP contribution in [0.15, 0.2) is 91.0 Å². The summed E-state index contributed by atoms with van der Waals surface area (Å²) in [6, 6.07) is 30.6. The first-order valence-corrected chi connectivity index (χ1v) is 12.4. The average molecular weight is 458 g/mol. The Morgan fingerprint density at radius 2 is 1.12 bits per heavy atom. The van der Waals surface area contributed by atoms with Gasteiger partial charge in [0.2, 0.25) is 5.91 Å². The molecule has 1 unspecified atom stereocenters. The van der Waals surface area contributed by atoms with Crippen molar-refractivity contribution < 1.29 is 4.79 Å². The van der Waals surface area contributed by atoms with Gasteiger partial charge in [-0.2, -0.15) is 0 Å². The van der Waals surface area contributed by atoms with Gasteiger partial charge in [0.25, 0.3) is 0 Å². The highest BCUT2D eigenvalue weighted by Crippen LogP contribution is 2.30. The predicted octanol–water partition coefficient (Wildman–Crippen LogP) is 5.29. The van der Waals surface area contributed by atoms with Crippen LogP contribution in [0.4, 0.5) is 0 Å². The molecule has 3 rings (SSSR count). The van der Waals surface area contributed by atoms with Crippen LogP contribution in [0.1, 0.15) is 42.5 Å². The van der Waals surface area contributed by atoms with Crippen molar-refractivity contribution in [2.75, 3.05) is 46.8 Å². The van der Waals surface area contributed by atoms with Crippen molar-refractivity contribution in [1.82, 2.24) is 14.7 Å². The number of nitrogens with zero attached hydrogens (tertiary/aromatic N) is 3. The maximum absolute atomic E-state index is 14.1. The number of amides is 1. The minimum Gasteiger partial charge on any atom is -0.337 e. The smallest absolute Gasteiger partial charge is 0.234 e. The summed E-state index contributed by atoms with van der Waals surface area (Å²) in [5.74, 6) is -0.219. The fraction of sp³-hybridized carbons (Fsp3) is 0.367. The topological polar surface area (TPSA) is 26.8 Å². The molecular weight excluding hydrogens is 418 g/mol. The second-order valence-corrected chi connectivity index (χ2v) is 8.92. The summed E-state index contributed by atoms with van der Waals surface area (Å²) in [4.78, 5) is 20.8. The van der Waals surface area contributed by atoms with E-state index in [9.17, 15) is 4.79 Å². The van der Waals surface area contributed by atoms with Crippen LogP contribution in [0, 0.1) is 0 Å². The number of hydrogen-bond donors (Lipinski definition) is 0. The molecule has 0 N–H and O–H groups in total. The first-order valence-electron chi connectivity index (χ1n) is 12.4. The monoisotopic (exact) mass is 457 g/mol. The number of rotatable bonds is 12. The van der Waals surface area contributed by atoms with Crippen molar-refractivity contribution >= 4 is 5.91 Å². The highest BCUT2D eigenvalue weighted by atomic mass is 16.2. The van der Waals surface area contributed by atoms with Crippen LogP contribution in [0.3, 0.4) is 0 Å². The molecule has 1 amide bonds. The minimum atomic E-state index is -0.334. The first-order chi connectivity index (χ1) is 16.5. The van der Waals surface area contributed by atoms with E-state index >= 15 is 0 Å². The Labute approximate surface area is 205 Å². The van der Waals surface area contributed by atoms with Gasteiger partial charge in [0, 0.05) is 26.7 Å². The fourth-order valence-corrected chi connectivity index (χ4v) is 4.49. The minimum absolute atomic E-state index is 0.0367. The van der Waals surface area contributed by atoms with Gasteiger partial charge in [-0.25, -0.2) is 0 Å². The molecule has 0 aliphatic carbocycles. The second kappa shape index (κ2) is 13.1. The molecule has 3 aromatic carbocycles. The first kappa shape index (κ1) is 25.7. The lowest BCUT2D eigenvalue weighted by Gasteiger charge is -2.35. The largest absolute Gasteiger partial charge is 0.337 e. The number of carbonyl (C=O) groups excluding carboxylic acids is 1. The zero-order valence-corrected chi connectivity index (χ0v) is 21.1. The van der Waals surface area contributed by atoms with Crippen molar-refractivity contribution in [1.29, 1.82) is 0 Å². The van der Waals surface area contributed by atoms with Gasteiger partial charge in [-0.15, -0.1) is 0 Å². The molecule has 34 heavy (non-hydrogen) atoms.